The van der Waals surface area contributed by atoms with Gasteiger partial charge in [-0.25, -0.2) is 17.6 Å². The van der Waals surface area contributed by atoms with Crippen LogP contribution in [0.5, 0.6) is 5.75 Å². The maximum absolute atomic E-state index is 14.9. The van der Waals surface area contributed by atoms with E-state index in [1.165, 1.54) is 48.1 Å². The van der Waals surface area contributed by atoms with Crippen molar-refractivity contribution in [2.45, 2.75) is 63.4 Å². The second kappa shape index (κ2) is 14.4. The van der Waals surface area contributed by atoms with Crippen molar-refractivity contribution in [3.8, 4) is 5.75 Å². The van der Waals surface area contributed by atoms with Crippen molar-refractivity contribution in [3.63, 3.8) is 0 Å². The van der Waals surface area contributed by atoms with Gasteiger partial charge in [-0.15, -0.1) is 11.8 Å². The Morgan fingerprint density at radius 3 is 2.41 bits per heavy atom. The van der Waals surface area contributed by atoms with Crippen LogP contribution in [0.15, 0.2) is 53.4 Å². The van der Waals surface area contributed by atoms with Gasteiger partial charge >= 0.3 is 0 Å². The quantitative estimate of drug-likeness (QED) is 0.166. The number of fused-ring (bicyclic) bond motifs is 1. The average Bonchev–Trinajstić information content (AvgIpc) is 2.94. The Morgan fingerprint density at radius 2 is 1.66 bits per heavy atom. The van der Waals surface area contributed by atoms with Crippen molar-refractivity contribution < 1.29 is 31.9 Å². The fourth-order valence-electron chi connectivity index (χ4n) is 4.58. The lowest BCUT2D eigenvalue weighted by atomic mass is 10.1. The summed E-state index contributed by atoms with van der Waals surface area (Å²) < 4.78 is 61.9. The minimum atomic E-state index is -1.10. The standard InChI is InChI=1S/C31H32F4N2O3S/c1-2-3-4-5-6-7-13-40-28-10-8-9-24(33)23(28)18-37-27-12-11-20(14-29(27)41-19-30(37)38)31(39)36-17-22-25(34)15-21(32)16-26(22)35/h8-12,14-16H,2-7,13,17-19H2,1H3,(H,36,39). The highest BCUT2D eigenvalue weighted by Gasteiger charge is 2.28. The van der Waals surface area contributed by atoms with Gasteiger partial charge in [-0.1, -0.05) is 45.1 Å². The number of hydrogen-bond donors (Lipinski definition) is 1. The van der Waals surface area contributed by atoms with E-state index in [4.69, 9.17) is 4.74 Å². The molecule has 1 aliphatic heterocycles. The first-order valence-electron chi connectivity index (χ1n) is 13.7. The third-order valence-corrected chi connectivity index (χ3v) is 7.87. The summed E-state index contributed by atoms with van der Waals surface area (Å²) in [5.41, 5.74) is 0.545. The highest BCUT2D eigenvalue weighted by molar-refractivity contribution is 8.00. The van der Waals surface area contributed by atoms with Gasteiger partial charge < -0.3 is 15.0 Å². The lowest BCUT2D eigenvalue weighted by Gasteiger charge is -2.30. The van der Waals surface area contributed by atoms with Gasteiger partial charge in [0.15, 0.2) is 0 Å². The molecule has 2 amide bonds. The Hall–Kier alpha value is -3.53. The molecule has 1 N–H and O–H groups in total. The number of hydrogen-bond acceptors (Lipinski definition) is 4. The van der Waals surface area contributed by atoms with E-state index < -0.39 is 41.3 Å². The van der Waals surface area contributed by atoms with Gasteiger partial charge in [0.2, 0.25) is 5.91 Å². The van der Waals surface area contributed by atoms with Gasteiger partial charge in [0.1, 0.15) is 29.0 Å². The molecule has 0 unspecified atom stereocenters. The van der Waals surface area contributed by atoms with E-state index >= 15 is 0 Å². The lowest BCUT2D eigenvalue weighted by molar-refractivity contribution is -0.116. The van der Waals surface area contributed by atoms with E-state index in [1.54, 1.807) is 24.3 Å². The van der Waals surface area contributed by atoms with Crippen LogP contribution in [0.4, 0.5) is 23.2 Å². The van der Waals surface area contributed by atoms with E-state index in [-0.39, 0.29) is 29.3 Å². The van der Waals surface area contributed by atoms with Crippen LogP contribution in [0.25, 0.3) is 0 Å². The van der Waals surface area contributed by atoms with Gasteiger partial charge in [-0.2, -0.15) is 0 Å². The fraction of sp³-hybridized carbons (Fsp3) is 0.355. The molecule has 41 heavy (non-hydrogen) atoms. The molecular weight excluding hydrogens is 556 g/mol. The summed E-state index contributed by atoms with van der Waals surface area (Å²) in [7, 11) is 0. The monoisotopic (exact) mass is 588 g/mol. The van der Waals surface area contributed by atoms with E-state index in [1.807, 2.05) is 0 Å². The number of carbonyl (C=O) groups is 2. The molecule has 1 heterocycles. The Morgan fingerprint density at radius 1 is 0.927 bits per heavy atom. The Bertz CT molecular complexity index is 1380. The molecule has 0 atom stereocenters. The summed E-state index contributed by atoms with van der Waals surface area (Å²) in [6.07, 6.45) is 6.58. The molecule has 0 aromatic heterocycles. The Labute approximate surface area is 241 Å². The van der Waals surface area contributed by atoms with E-state index in [0.717, 1.165) is 19.3 Å². The highest BCUT2D eigenvalue weighted by Crippen LogP contribution is 2.38. The van der Waals surface area contributed by atoms with E-state index in [0.29, 0.717) is 35.1 Å². The molecule has 0 spiro atoms. The molecule has 3 aromatic carbocycles. The predicted molar refractivity (Wildman–Crippen MR) is 151 cm³/mol. The number of halogens is 4. The molecule has 0 fully saturated rings. The Kier molecular flexibility index (Phi) is 10.7. The second-order valence-electron chi connectivity index (χ2n) is 9.81. The molecule has 1 aliphatic rings. The summed E-state index contributed by atoms with van der Waals surface area (Å²) in [6, 6.07) is 10.3. The zero-order valence-electron chi connectivity index (χ0n) is 22.8. The normalized spacial score (nSPS) is 12.8. The molecule has 0 aliphatic carbocycles. The zero-order chi connectivity index (χ0) is 29.4. The van der Waals surface area contributed by atoms with Gasteiger partial charge in [0.05, 0.1) is 24.6 Å². The number of nitrogens with one attached hydrogen (secondary N) is 1. The summed E-state index contributed by atoms with van der Waals surface area (Å²) >= 11 is 1.24. The maximum atomic E-state index is 14.9. The molecule has 5 nitrogen and oxygen atoms in total. The average molecular weight is 589 g/mol. The summed E-state index contributed by atoms with van der Waals surface area (Å²) in [5.74, 6) is -4.05. The van der Waals surface area contributed by atoms with Crippen molar-refractivity contribution in [2.24, 2.45) is 0 Å². The molecule has 0 saturated heterocycles. The van der Waals surface area contributed by atoms with Crippen LogP contribution in [0, 0.1) is 23.3 Å². The molecule has 10 heteroatoms. The van der Waals surface area contributed by atoms with Gasteiger partial charge in [0.25, 0.3) is 5.91 Å². The van der Waals surface area contributed by atoms with E-state index in [9.17, 15) is 27.2 Å². The highest BCUT2D eigenvalue weighted by atomic mass is 32.2. The van der Waals surface area contributed by atoms with Crippen molar-refractivity contribution in [3.05, 3.63) is 88.5 Å². The van der Waals surface area contributed by atoms with Crippen LogP contribution in [0.3, 0.4) is 0 Å². The minimum Gasteiger partial charge on any atom is -0.493 e. The van der Waals surface area contributed by atoms with Crippen molar-refractivity contribution in [1.29, 1.82) is 0 Å². The molecule has 0 bridgehead atoms. The topological polar surface area (TPSA) is 58.6 Å². The first-order chi connectivity index (χ1) is 19.8. The minimum absolute atomic E-state index is 0.0421. The van der Waals surface area contributed by atoms with Crippen molar-refractivity contribution in [1.82, 2.24) is 5.32 Å². The second-order valence-corrected chi connectivity index (χ2v) is 10.8. The van der Waals surface area contributed by atoms with Crippen molar-refractivity contribution >= 4 is 29.3 Å². The van der Waals surface area contributed by atoms with E-state index in [2.05, 4.69) is 12.2 Å². The van der Waals surface area contributed by atoms with Crippen LogP contribution in [-0.2, 0) is 17.9 Å². The van der Waals surface area contributed by atoms with Crippen LogP contribution in [0.1, 0.15) is 66.9 Å². The van der Waals surface area contributed by atoms with Crippen LogP contribution in [-0.4, -0.2) is 24.2 Å². The SMILES string of the molecule is CCCCCCCCOc1cccc(F)c1CN1C(=O)CSc2cc(C(=O)NCc3c(F)cc(F)cc3F)ccc21. The molecule has 0 radical (unpaired) electrons. The molecule has 3 aromatic rings. The largest absolute Gasteiger partial charge is 0.493 e. The third-order valence-electron chi connectivity index (χ3n) is 6.84. The summed E-state index contributed by atoms with van der Waals surface area (Å²) in [6.45, 7) is 2.10. The smallest absolute Gasteiger partial charge is 0.251 e. The Balaban J connectivity index is 1.44. The van der Waals surface area contributed by atoms with Crippen LogP contribution < -0.4 is 15.0 Å². The fourth-order valence-corrected chi connectivity index (χ4v) is 5.55. The van der Waals surface area contributed by atoms with Crippen LogP contribution in [0.2, 0.25) is 0 Å². The number of thioether (sulfide) groups is 1. The van der Waals surface area contributed by atoms with Crippen LogP contribution >= 0.6 is 11.8 Å². The van der Waals surface area contributed by atoms with Crippen molar-refractivity contribution in [2.75, 3.05) is 17.3 Å². The lowest BCUT2D eigenvalue weighted by Crippen LogP contribution is -2.35. The summed E-state index contributed by atoms with van der Waals surface area (Å²) in [4.78, 5) is 27.7. The number of rotatable bonds is 13. The number of nitrogens with zero attached hydrogens (tertiary/aromatic N) is 1. The molecular formula is C31H32F4N2O3S. The van der Waals surface area contributed by atoms with Gasteiger partial charge in [-0.05, 0) is 36.8 Å². The zero-order valence-corrected chi connectivity index (χ0v) is 23.6. The molecule has 4 rings (SSSR count). The number of amides is 2. The number of benzene rings is 3. The van der Waals surface area contributed by atoms with Gasteiger partial charge in [0, 0.05) is 40.3 Å². The maximum Gasteiger partial charge on any atom is 0.251 e. The number of anilines is 1. The van der Waals surface area contributed by atoms with Gasteiger partial charge in [-0.3, -0.25) is 9.59 Å². The third kappa shape index (κ3) is 7.81. The number of carbonyl (C=O) groups excluding carboxylic acids is 2. The summed E-state index contributed by atoms with van der Waals surface area (Å²) in [5, 5.41) is 2.44. The number of ether oxygens (including phenoxy) is 1. The molecule has 218 valence electrons. The first-order valence-corrected chi connectivity index (χ1v) is 14.7. The molecule has 0 saturated carbocycles. The first kappa shape index (κ1) is 30.4. The number of unbranched alkanes of at least 4 members (excludes halogenated alkanes) is 5. The predicted octanol–water partition coefficient (Wildman–Crippen LogP) is 7.55.